The summed E-state index contributed by atoms with van der Waals surface area (Å²) in [6.07, 6.45) is -3.13. The van der Waals surface area contributed by atoms with Crippen LogP contribution in [-0.2, 0) is 28.8 Å². The summed E-state index contributed by atoms with van der Waals surface area (Å²) >= 11 is 0. The van der Waals surface area contributed by atoms with E-state index in [1.165, 1.54) is 6.92 Å². The molecule has 164 valence electrons. The number of nitrogens with one attached hydrogen (secondary N) is 3. The highest BCUT2D eigenvalue weighted by Gasteiger charge is 2.33. The average molecular weight is 419 g/mol. The van der Waals surface area contributed by atoms with Crippen LogP contribution in [0.5, 0.6) is 0 Å². The number of hydrogen-bond donors (Lipinski definition) is 8. The number of carboxylic acid groups (broad SMARTS) is 2. The van der Waals surface area contributed by atoms with Gasteiger partial charge in [-0.15, -0.1) is 0 Å². The Morgan fingerprint density at radius 2 is 1.28 bits per heavy atom. The van der Waals surface area contributed by atoms with Crippen LogP contribution >= 0.6 is 0 Å². The Morgan fingerprint density at radius 3 is 1.66 bits per heavy atom. The van der Waals surface area contributed by atoms with Crippen molar-refractivity contribution < 1.29 is 44.1 Å². The molecule has 10 N–H and O–H groups in total. The van der Waals surface area contributed by atoms with Crippen molar-refractivity contribution in [2.75, 3.05) is 0 Å². The molecule has 14 heteroatoms. The predicted molar refractivity (Wildman–Crippen MR) is 94.8 cm³/mol. The van der Waals surface area contributed by atoms with Crippen LogP contribution in [0.4, 0.5) is 0 Å². The first-order valence-corrected chi connectivity index (χ1v) is 8.33. The Labute approximate surface area is 165 Å². The summed E-state index contributed by atoms with van der Waals surface area (Å²) in [5.74, 6) is -7.23. The molecular weight excluding hydrogens is 394 g/mol. The van der Waals surface area contributed by atoms with Crippen molar-refractivity contribution in [3.63, 3.8) is 0 Å². The number of primary amides is 1. The van der Waals surface area contributed by atoms with Gasteiger partial charge in [-0.3, -0.25) is 24.0 Å². The number of carboxylic acids is 2. The highest BCUT2D eigenvalue weighted by Crippen LogP contribution is 2.01. The van der Waals surface area contributed by atoms with Gasteiger partial charge in [0.15, 0.2) is 6.04 Å². The summed E-state index contributed by atoms with van der Waals surface area (Å²) in [5, 5.41) is 33.4. The van der Waals surface area contributed by atoms with E-state index in [-0.39, 0.29) is 0 Å². The summed E-state index contributed by atoms with van der Waals surface area (Å²) in [5.41, 5.74) is 10.4. The average Bonchev–Trinajstić information content (AvgIpc) is 2.56. The fourth-order valence-corrected chi connectivity index (χ4v) is 2.01. The lowest BCUT2D eigenvalue weighted by Crippen LogP contribution is -2.59. The number of amides is 4. The molecule has 0 spiro atoms. The lowest BCUT2D eigenvalue weighted by Gasteiger charge is -2.24. The molecule has 0 saturated heterocycles. The van der Waals surface area contributed by atoms with Crippen LogP contribution in [0.15, 0.2) is 0 Å². The second-order valence-electron chi connectivity index (χ2n) is 6.24. The maximum atomic E-state index is 12.4. The van der Waals surface area contributed by atoms with Crippen LogP contribution in [0.3, 0.4) is 0 Å². The number of nitrogens with two attached hydrogens (primary N) is 2. The minimum absolute atomic E-state index is 0.759. The van der Waals surface area contributed by atoms with E-state index in [1.54, 1.807) is 0 Å². The van der Waals surface area contributed by atoms with Crippen molar-refractivity contribution in [3.8, 4) is 0 Å². The highest BCUT2D eigenvalue weighted by atomic mass is 16.4. The molecule has 0 aromatic heterocycles. The molecule has 0 fully saturated rings. The quantitative estimate of drug-likeness (QED) is 0.151. The van der Waals surface area contributed by atoms with Crippen LogP contribution in [-0.4, -0.2) is 81.2 Å². The van der Waals surface area contributed by atoms with E-state index in [0.29, 0.717) is 0 Å². The summed E-state index contributed by atoms with van der Waals surface area (Å²) in [7, 11) is 0. The summed E-state index contributed by atoms with van der Waals surface area (Å²) in [6, 6.07) is -6.14. The number of hydrogen-bond acceptors (Lipinski definition) is 8. The Balaban J connectivity index is 5.48. The van der Waals surface area contributed by atoms with Crippen molar-refractivity contribution in [1.29, 1.82) is 0 Å². The molecular formula is C15H25N5O9. The van der Waals surface area contributed by atoms with Crippen LogP contribution in [0.1, 0.15) is 26.7 Å². The van der Waals surface area contributed by atoms with Crippen molar-refractivity contribution in [3.05, 3.63) is 0 Å². The van der Waals surface area contributed by atoms with E-state index in [1.807, 2.05) is 10.6 Å². The van der Waals surface area contributed by atoms with Crippen LogP contribution in [0.2, 0.25) is 0 Å². The molecule has 0 saturated carbocycles. The standard InChI is InChI=1S/C15H25N5O9/c1-5(16)12(25)18-8(4-10(23)24)13(26)19-7(3-9(17)22)14(27)20-11(6(2)21)15(28)29/h5-8,11,21H,3-4,16H2,1-2H3,(H2,17,22)(H,18,25)(H,19,26)(H,20,27)(H,23,24)(H,28,29). The molecule has 0 aromatic carbocycles. The molecule has 0 aliphatic rings. The summed E-state index contributed by atoms with van der Waals surface area (Å²) in [6.45, 7) is 2.38. The van der Waals surface area contributed by atoms with E-state index < -0.39 is 78.7 Å². The summed E-state index contributed by atoms with van der Waals surface area (Å²) in [4.78, 5) is 69.6. The molecule has 0 aromatic rings. The van der Waals surface area contributed by atoms with Gasteiger partial charge < -0.3 is 42.7 Å². The number of aliphatic hydroxyl groups excluding tert-OH is 1. The van der Waals surface area contributed by atoms with Gasteiger partial charge in [-0.05, 0) is 13.8 Å². The molecule has 0 aliphatic carbocycles. The molecule has 0 heterocycles. The van der Waals surface area contributed by atoms with Gasteiger partial charge in [-0.25, -0.2) is 4.79 Å². The van der Waals surface area contributed by atoms with Crippen LogP contribution in [0, 0.1) is 0 Å². The van der Waals surface area contributed by atoms with Gasteiger partial charge in [0.2, 0.25) is 23.6 Å². The molecule has 0 radical (unpaired) electrons. The largest absolute Gasteiger partial charge is 0.481 e. The van der Waals surface area contributed by atoms with Gasteiger partial charge in [0.1, 0.15) is 12.1 Å². The Hall–Kier alpha value is -3.26. The molecule has 0 rings (SSSR count). The van der Waals surface area contributed by atoms with E-state index in [9.17, 15) is 33.9 Å². The van der Waals surface area contributed by atoms with E-state index in [0.717, 1.165) is 6.92 Å². The third kappa shape index (κ3) is 9.48. The third-order valence-electron chi connectivity index (χ3n) is 3.51. The SMILES string of the molecule is CC(N)C(=O)NC(CC(=O)O)C(=O)NC(CC(N)=O)C(=O)NC(C(=O)O)C(C)O. The highest BCUT2D eigenvalue weighted by molar-refractivity contribution is 5.97. The zero-order valence-electron chi connectivity index (χ0n) is 15.7. The van der Waals surface area contributed by atoms with Gasteiger partial charge in [0.05, 0.1) is 25.0 Å². The molecule has 29 heavy (non-hydrogen) atoms. The van der Waals surface area contributed by atoms with Crippen LogP contribution < -0.4 is 27.4 Å². The maximum Gasteiger partial charge on any atom is 0.328 e. The first kappa shape index (κ1) is 25.7. The molecule has 14 nitrogen and oxygen atoms in total. The van der Waals surface area contributed by atoms with Gasteiger partial charge >= 0.3 is 11.9 Å². The summed E-state index contributed by atoms with van der Waals surface area (Å²) < 4.78 is 0. The maximum absolute atomic E-state index is 12.4. The molecule has 0 bridgehead atoms. The predicted octanol–water partition coefficient (Wildman–Crippen LogP) is -4.40. The fraction of sp³-hybridized carbons (Fsp3) is 0.600. The zero-order chi connectivity index (χ0) is 22.9. The second-order valence-corrected chi connectivity index (χ2v) is 6.24. The lowest BCUT2D eigenvalue weighted by molar-refractivity contribution is -0.145. The van der Waals surface area contributed by atoms with Crippen molar-refractivity contribution >= 4 is 35.6 Å². The Bertz CT molecular complexity index is 665. The first-order valence-electron chi connectivity index (χ1n) is 8.33. The number of carbonyl (C=O) groups excluding carboxylic acids is 4. The van der Waals surface area contributed by atoms with Crippen LogP contribution in [0.25, 0.3) is 0 Å². The van der Waals surface area contributed by atoms with E-state index >= 15 is 0 Å². The number of rotatable bonds is 12. The van der Waals surface area contributed by atoms with Crippen molar-refractivity contribution in [2.45, 2.75) is 57.0 Å². The molecule has 5 atom stereocenters. The lowest BCUT2D eigenvalue weighted by atomic mass is 10.1. The van der Waals surface area contributed by atoms with E-state index in [2.05, 4.69) is 5.32 Å². The Morgan fingerprint density at radius 1 is 0.828 bits per heavy atom. The van der Waals surface area contributed by atoms with Gasteiger partial charge in [0, 0.05) is 0 Å². The number of aliphatic carboxylic acids is 2. The smallest absolute Gasteiger partial charge is 0.328 e. The minimum Gasteiger partial charge on any atom is -0.481 e. The zero-order valence-corrected chi connectivity index (χ0v) is 15.7. The van der Waals surface area contributed by atoms with Crippen molar-refractivity contribution in [1.82, 2.24) is 16.0 Å². The second kappa shape index (κ2) is 11.6. The topological polar surface area (TPSA) is 251 Å². The normalized spacial score (nSPS) is 15.7. The van der Waals surface area contributed by atoms with Gasteiger partial charge in [-0.2, -0.15) is 0 Å². The Kier molecular flexibility index (Phi) is 10.3. The first-order chi connectivity index (χ1) is 13.3. The van der Waals surface area contributed by atoms with Gasteiger partial charge in [-0.1, -0.05) is 0 Å². The minimum atomic E-state index is -1.75. The number of aliphatic hydroxyl groups is 1. The van der Waals surface area contributed by atoms with Gasteiger partial charge in [0.25, 0.3) is 0 Å². The monoisotopic (exact) mass is 419 g/mol. The molecule has 4 amide bonds. The third-order valence-corrected chi connectivity index (χ3v) is 3.51. The number of carbonyl (C=O) groups is 6. The van der Waals surface area contributed by atoms with Crippen molar-refractivity contribution in [2.24, 2.45) is 11.5 Å². The van der Waals surface area contributed by atoms with E-state index in [4.69, 9.17) is 21.7 Å². The fourth-order valence-electron chi connectivity index (χ4n) is 2.01. The molecule has 5 unspecified atom stereocenters. The molecule has 0 aliphatic heterocycles.